The van der Waals surface area contributed by atoms with Gasteiger partial charge in [-0.15, -0.1) is 11.8 Å². The van der Waals surface area contributed by atoms with Gasteiger partial charge in [-0.1, -0.05) is 6.08 Å². The van der Waals surface area contributed by atoms with Crippen molar-refractivity contribution in [2.45, 2.75) is 25.7 Å². The van der Waals surface area contributed by atoms with Crippen LogP contribution in [0.25, 0.3) is 0 Å². The number of thioether (sulfide) groups is 1. The fourth-order valence-corrected chi connectivity index (χ4v) is 2.74. The third kappa shape index (κ3) is 1.73. The molecule has 0 amide bonds. The lowest BCUT2D eigenvalue weighted by atomic mass is 10.0. The van der Waals surface area contributed by atoms with Gasteiger partial charge in [-0.25, -0.2) is 0 Å². The average Bonchev–Trinajstić information content (AvgIpc) is 2.58. The molecule has 0 aromatic rings. The van der Waals surface area contributed by atoms with Gasteiger partial charge in [0.25, 0.3) is 0 Å². The molecule has 0 radical (unpaired) electrons. The second-order valence-corrected chi connectivity index (χ2v) is 4.32. The Morgan fingerprint density at radius 1 is 1.36 bits per heavy atom. The molecule has 2 aliphatic rings. The van der Waals surface area contributed by atoms with Crippen LogP contribution in [0.1, 0.15) is 25.7 Å². The summed E-state index contributed by atoms with van der Waals surface area (Å²) in [5.41, 5.74) is 1.63. The summed E-state index contributed by atoms with van der Waals surface area (Å²) in [4.78, 5) is 2.55. The monoisotopic (exact) mass is 169 g/mol. The summed E-state index contributed by atoms with van der Waals surface area (Å²) in [7, 11) is 0. The highest BCUT2D eigenvalue weighted by Gasteiger charge is 2.15. The number of hydrogen-bond donors (Lipinski definition) is 0. The molecule has 1 aliphatic heterocycles. The largest absolute Gasteiger partial charge is 0.365 e. The van der Waals surface area contributed by atoms with Crippen LogP contribution in [0.3, 0.4) is 0 Å². The van der Waals surface area contributed by atoms with E-state index in [1.54, 1.807) is 5.70 Å². The maximum atomic E-state index is 2.55. The van der Waals surface area contributed by atoms with Crippen molar-refractivity contribution in [3.05, 3.63) is 11.8 Å². The molecule has 1 saturated heterocycles. The van der Waals surface area contributed by atoms with Gasteiger partial charge in [0.05, 0.1) is 5.88 Å². The molecule has 1 heterocycles. The molecule has 1 fully saturated rings. The Morgan fingerprint density at radius 3 is 3.00 bits per heavy atom. The molecule has 0 aromatic carbocycles. The number of hydrogen-bond acceptors (Lipinski definition) is 2. The van der Waals surface area contributed by atoms with Crippen molar-refractivity contribution in [1.29, 1.82) is 0 Å². The molecule has 62 valence electrons. The molecule has 11 heavy (non-hydrogen) atoms. The number of rotatable bonds is 1. The molecule has 0 saturated carbocycles. The van der Waals surface area contributed by atoms with Crippen LogP contribution < -0.4 is 0 Å². The van der Waals surface area contributed by atoms with Crippen LogP contribution in [-0.4, -0.2) is 23.1 Å². The highest BCUT2D eigenvalue weighted by Crippen LogP contribution is 2.25. The van der Waals surface area contributed by atoms with E-state index in [1.165, 1.54) is 43.9 Å². The van der Waals surface area contributed by atoms with Crippen LogP contribution in [-0.2, 0) is 0 Å². The first-order chi connectivity index (χ1) is 5.47. The van der Waals surface area contributed by atoms with Crippen molar-refractivity contribution in [3.63, 3.8) is 0 Å². The Bertz CT molecular complexity index is 159. The van der Waals surface area contributed by atoms with E-state index in [0.717, 1.165) is 0 Å². The number of nitrogens with zero attached hydrogens (tertiary/aromatic N) is 1. The fourth-order valence-electron chi connectivity index (χ4n) is 1.75. The molecule has 0 unspecified atom stereocenters. The Morgan fingerprint density at radius 2 is 2.36 bits per heavy atom. The van der Waals surface area contributed by atoms with Crippen LogP contribution in [0.4, 0.5) is 0 Å². The zero-order valence-electron chi connectivity index (χ0n) is 6.88. The van der Waals surface area contributed by atoms with Crippen molar-refractivity contribution >= 4 is 11.8 Å². The summed E-state index contributed by atoms with van der Waals surface area (Å²) in [5.74, 6) is 2.57. The SMILES string of the molecule is C1=C(N2CCSC2)CCCC1. The molecule has 0 N–H and O–H groups in total. The first kappa shape index (κ1) is 7.53. The smallest absolute Gasteiger partial charge is 0.0637 e. The molecule has 1 nitrogen and oxygen atoms in total. The molecule has 2 rings (SSSR count). The predicted octanol–water partition coefficient (Wildman–Crippen LogP) is 2.45. The van der Waals surface area contributed by atoms with Crippen LogP contribution in [0.5, 0.6) is 0 Å². The van der Waals surface area contributed by atoms with E-state index in [4.69, 9.17) is 0 Å². The Balaban J connectivity index is 1.96. The van der Waals surface area contributed by atoms with E-state index in [1.807, 2.05) is 0 Å². The number of allylic oxidation sites excluding steroid dienone is 2. The third-order valence-corrected chi connectivity index (χ3v) is 3.39. The molecule has 1 aliphatic carbocycles. The molecular formula is C9H15NS. The van der Waals surface area contributed by atoms with Crippen molar-refractivity contribution < 1.29 is 0 Å². The molecular weight excluding hydrogens is 154 g/mol. The zero-order chi connectivity index (χ0) is 7.52. The van der Waals surface area contributed by atoms with Crippen molar-refractivity contribution in [2.24, 2.45) is 0 Å². The van der Waals surface area contributed by atoms with Gasteiger partial charge < -0.3 is 4.90 Å². The minimum absolute atomic E-state index is 1.24. The Hall–Kier alpha value is -0.110. The van der Waals surface area contributed by atoms with Crippen LogP contribution in [0, 0.1) is 0 Å². The van der Waals surface area contributed by atoms with Gasteiger partial charge in [0, 0.05) is 18.0 Å². The van der Waals surface area contributed by atoms with Gasteiger partial charge in [-0.2, -0.15) is 0 Å². The van der Waals surface area contributed by atoms with Crippen LogP contribution in [0.15, 0.2) is 11.8 Å². The van der Waals surface area contributed by atoms with Crippen molar-refractivity contribution in [3.8, 4) is 0 Å². The second-order valence-electron chi connectivity index (χ2n) is 3.24. The van der Waals surface area contributed by atoms with Crippen molar-refractivity contribution in [1.82, 2.24) is 4.90 Å². The van der Waals surface area contributed by atoms with Gasteiger partial charge in [0.2, 0.25) is 0 Å². The minimum Gasteiger partial charge on any atom is -0.365 e. The van der Waals surface area contributed by atoms with Gasteiger partial charge in [-0.05, 0) is 25.7 Å². The molecule has 0 spiro atoms. The first-order valence-corrected chi connectivity index (χ1v) is 5.64. The topological polar surface area (TPSA) is 3.24 Å². The second kappa shape index (κ2) is 3.53. The minimum atomic E-state index is 1.24. The first-order valence-electron chi connectivity index (χ1n) is 4.48. The van der Waals surface area contributed by atoms with E-state index in [0.29, 0.717) is 0 Å². The van der Waals surface area contributed by atoms with E-state index >= 15 is 0 Å². The molecule has 0 bridgehead atoms. The highest BCUT2D eigenvalue weighted by atomic mass is 32.2. The lowest BCUT2D eigenvalue weighted by Crippen LogP contribution is -2.19. The summed E-state index contributed by atoms with van der Waals surface area (Å²) in [5, 5.41) is 0. The van der Waals surface area contributed by atoms with E-state index in [2.05, 4.69) is 22.7 Å². The van der Waals surface area contributed by atoms with Gasteiger partial charge in [0.15, 0.2) is 0 Å². The standard InChI is InChI=1S/C9H15NS/c1-2-4-9(5-3-1)10-6-7-11-8-10/h4H,1-3,5-8H2. The molecule has 0 atom stereocenters. The average molecular weight is 169 g/mol. The van der Waals surface area contributed by atoms with Gasteiger partial charge >= 0.3 is 0 Å². The van der Waals surface area contributed by atoms with E-state index in [-0.39, 0.29) is 0 Å². The fraction of sp³-hybridized carbons (Fsp3) is 0.778. The molecule has 2 heteroatoms. The normalized spacial score (nSPS) is 25.5. The summed E-state index contributed by atoms with van der Waals surface area (Å²) >= 11 is 2.06. The van der Waals surface area contributed by atoms with E-state index < -0.39 is 0 Å². The van der Waals surface area contributed by atoms with E-state index in [9.17, 15) is 0 Å². The van der Waals surface area contributed by atoms with Gasteiger partial charge in [-0.3, -0.25) is 0 Å². The summed E-state index contributed by atoms with van der Waals surface area (Å²) < 4.78 is 0. The summed E-state index contributed by atoms with van der Waals surface area (Å²) in [6.45, 7) is 1.29. The quantitative estimate of drug-likeness (QED) is 0.593. The third-order valence-electron chi connectivity index (χ3n) is 2.43. The maximum Gasteiger partial charge on any atom is 0.0637 e. The predicted molar refractivity (Wildman–Crippen MR) is 50.6 cm³/mol. The highest BCUT2D eigenvalue weighted by molar-refractivity contribution is 7.99. The van der Waals surface area contributed by atoms with Crippen molar-refractivity contribution in [2.75, 3.05) is 18.2 Å². The Kier molecular flexibility index (Phi) is 2.41. The van der Waals surface area contributed by atoms with Crippen LogP contribution in [0.2, 0.25) is 0 Å². The zero-order valence-corrected chi connectivity index (χ0v) is 7.70. The van der Waals surface area contributed by atoms with Gasteiger partial charge in [0.1, 0.15) is 0 Å². The molecule has 0 aromatic heterocycles. The summed E-state index contributed by atoms with van der Waals surface area (Å²) in [6.07, 6.45) is 7.91. The lowest BCUT2D eigenvalue weighted by molar-refractivity contribution is 0.409. The summed E-state index contributed by atoms with van der Waals surface area (Å²) in [6, 6.07) is 0. The maximum absolute atomic E-state index is 2.55. The van der Waals surface area contributed by atoms with Crippen LogP contribution >= 0.6 is 11.8 Å². The lowest BCUT2D eigenvalue weighted by Gasteiger charge is -2.23. The Labute approximate surface area is 72.8 Å².